The highest BCUT2D eigenvalue weighted by Crippen LogP contribution is 2.08. The van der Waals surface area contributed by atoms with Gasteiger partial charge < -0.3 is 23.0 Å². The van der Waals surface area contributed by atoms with Gasteiger partial charge in [-0.1, -0.05) is 51.9 Å². The first kappa shape index (κ1) is 19.1. The molecule has 0 aliphatic carbocycles. The van der Waals surface area contributed by atoms with Crippen LogP contribution in [0, 0.1) is 0 Å². The Kier molecular flexibility index (Phi) is 15.5. The number of hydrogen-bond donors (Lipinski definition) is 1. The molecule has 0 fully saturated rings. The van der Waals surface area contributed by atoms with Crippen LogP contribution in [-0.4, -0.2) is 13.8 Å². The third kappa shape index (κ3) is 38.9. The zero-order valence-electron chi connectivity index (χ0n) is 10.9. The van der Waals surface area contributed by atoms with Gasteiger partial charge in [-0.15, -0.1) is 0 Å². The molecule has 0 heterocycles. The average Bonchev–Trinajstić information content (AvgIpc) is 2.20. The largest absolute Gasteiger partial charge is 0.673 e. The van der Waals surface area contributed by atoms with Crippen LogP contribution in [0.1, 0.15) is 64.7 Å². The molecule has 0 atom stereocenters. The average molecular weight is 259 g/mol. The van der Waals surface area contributed by atoms with Crippen LogP contribution in [0.5, 0.6) is 0 Å². The molecule has 17 heavy (non-hydrogen) atoms. The monoisotopic (exact) mass is 259 g/mol. The van der Waals surface area contributed by atoms with Gasteiger partial charge in [-0.3, -0.25) is 0 Å². The van der Waals surface area contributed by atoms with Crippen molar-refractivity contribution < 1.29 is 23.0 Å². The molecule has 106 valence electrons. The maximum absolute atomic E-state index is 9.75. The second-order valence-corrected chi connectivity index (χ2v) is 4.18. The lowest BCUT2D eigenvalue weighted by molar-refractivity contribution is -0.368. The van der Waals surface area contributed by atoms with Gasteiger partial charge in [0, 0.05) is 0 Å². The lowest BCUT2D eigenvalue weighted by Crippen LogP contribution is -2.50. The van der Waals surface area contributed by atoms with E-state index in [1.807, 2.05) is 0 Å². The molecule has 0 aromatic rings. The molecule has 0 spiro atoms. The molecular formula is C11H26BF4N. The number of quaternary nitrogens is 1. The summed E-state index contributed by atoms with van der Waals surface area (Å²) in [6, 6.07) is 0. The first-order valence-corrected chi connectivity index (χ1v) is 6.58. The van der Waals surface area contributed by atoms with Crippen LogP contribution >= 0.6 is 0 Å². The SMILES string of the molecule is CCCCCCCCCCC[NH3+].F[B-](F)(F)F. The van der Waals surface area contributed by atoms with Gasteiger partial charge in [0.05, 0.1) is 6.54 Å². The van der Waals surface area contributed by atoms with Crippen LogP contribution in [0.3, 0.4) is 0 Å². The fraction of sp³-hybridized carbons (Fsp3) is 1.00. The summed E-state index contributed by atoms with van der Waals surface area (Å²) in [5, 5.41) is 0. The molecule has 0 saturated heterocycles. The number of halogens is 4. The van der Waals surface area contributed by atoms with E-state index in [4.69, 9.17) is 0 Å². The maximum Gasteiger partial charge on any atom is 0.673 e. The molecule has 0 aromatic carbocycles. The van der Waals surface area contributed by atoms with Gasteiger partial charge in [-0.2, -0.15) is 0 Å². The topological polar surface area (TPSA) is 27.6 Å². The molecule has 0 bridgehead atoms. The smallest absolute Gasteiger partial charge is 0.418 e. The standard InChI is InChI=1S/C11H25N.BF4/c1-2-3-4-5-6-7-8-9-10-11-12;2-1(3,4)5/h2-12H2,1H3;/q;-1/p+1. The molecule has 0 unspecified atom stereocenters. The Morgan fingerprint density at radius 1 is 0.706 bits per heavy atom. The van der Waals surface area contributed by atoms with Gasteiger partial charge in [0.15, 0.2) is 0 Å². The zero-order valence-corrected chi connectivity index (χ0v) is 10.9. The van der Waals surface area contributed by atoms with Crippen molar-refractivity contribution in [2.24, 2.45) is 0 Å². The zero-order chi connectivity index (χ0) is 13.6. The molecule has 0 radical (unpaired) electrons. The summed E-state index contributed by atoms with van der Waals surface area (Å²) in [5.74, 6) is 0. The quantitative estimate of drug-likeness (QED) is 0.367. The second kappa shape index (κ2) is 13.8. The Bertz CT molecular complexity index is 126. The van der Waals surface area contributed by atoms with Crippen LogP contribution < -0.4 is 5.73 Å². The minimum atomic E-state index is -6.00. The Hall–Kier alpha value is -0.255. The normalized spacial score (nSPS) is 10.9. The predicted molar refractivity (Wildman–Crippen MR) is 65.2 cm³/mol. The summed E-state index contributed by atoms with van der Waals surface area (Å²) < 4.78 is 39.0. The highest BCUT2D eigenvalue weighted by Gasteiger charge is 2.20. The molecule has 1 nitrogen and oxygen atoms in total. The predicted octanol–water partition coefficient (Wildman–Crippen LogP) is 4.06. The summed E-state index contributed by atoms with van der Waals surface area (Å²) in [5.41, 5.74) is 3.84. The van der Waals surface area contributed by atoms with Gasteiger partial charge >= 0.3 is 7.25 Å². The highest BCUT2D eigenvalue weighted by molar-refractivity contribution is 6.50. The molecule has 0 aromatic heterocycles. The van der Waals surface area contributed by atoms with Crippen molar-refractivity contribution in [3.63, 3.8) is 0 Å². The van der Waals surface area contributed by atoms with Crippen LogP contribution in [0.2, 0.25) is 0 Å². The summed E-state index contributed by atoms with van der Waals surface area (Å²) in [4.78, 5) is 0. The van der Waals surface area contributed by atoms with E-state index < -0.39 is 7.25 Å². The molecule has 0 aliphatic heterocycles. The lowest BCUT2D eigenvalue weighted by Gasteiger charge is -1.99. The van der Waals surface area contributed by atoms with Crippen LogP contribution in [0.25, 0.3) is 0 Å². The summed E-state index contributed by atoms with van der Waals surface area (Å²) in [6.07, 6.45) is 12.8. The molecule has 0 amide bonds. The first-order chi connectivity index (χ1) is 7.91. The van der Waals surface area contributed by atoms with E-state index in [1.165, 1.54) is 57.8 Å². The van der Waals surface area contributed by atoms with E-state index in [9.17, 15) is 17.3 Å². The Labute approximate surface area is 102 Å². The molecule has 3 N–H and O–H groups in total. The van der Waals surface area contributed by atoms with E-state index in [1.54, 1.807) is 0 Å². The van der Waals surface area contributed by atoms with Crippen molar-refractivity contribution in [1.82, 2.24) is 0 Å². The van der Waals surface area contributed by atoms with Crippen LogP contribution in [0.15, 0.2) is 0 Å². The fourth-order valence-electron chi connectivity index (χ4n) is 1.49. The summed E-state index contributed by atoms with van der Waals surface area (Å²) in [7, 11) is -6.00. The van der Waals surface area contributed by atoms with Crippen molar-refractivity contribution in [3.8, 4) is 0 Å². The van der Waals surface area contributed by atoms with Gasteiger partial charge in [0.25, 0.3) is 0 Å². The third-order valence-corrected chi connectivity index (χ3v) is 2.35. The molecular weight excluding hydrogens is 233 g/mol. The van der Waals surface area contributed by atoms with Gasteiger partial charge in [0.2, 0.25) is 0 Å². The van der Waals surface area contributed by atoms with Crippen LogP contribution in [-0.2, 0) is 0 Å². The second-order valence-electron chi connectivity index (χ2n) is 4.18. The minimum absolute atomic E-state index is 1.12. The minimum Gasteiger partial charge on any atom is -0.418 e. The third-order valence-electron chi connectivity index (χ3n) is 2.35. The van der Waals surface area contributed by atoms with E-state index in [-0.39, 0.29) is 0 Å². The number of hydrogen-bond acceptors (Lipinski definition) is 0. The van der Waals surface area contributed by atoms with E-state index in [2.05, 4.69) is 12.7 Å². The van der Waals surface area contributed by atoms with Crippen LogP contribution in [0.4, 0.5) is 17.3 Å². The molecule has 0 aliphatic rings. The Morgan fingerprint density at radius 3 is 1.29 bits per heavy atom. The van der Waals surface area contributed by atoms with Gasteiger partial charge in [-0.05, 0) is 12.8 Å². The Morgan fingerprint density at radius 2 is 1.00 bits per heavy atom. The van der Waals surface area contributed by atoms with E-state index in [0.29, 0.717) is 0 Å². The molecule has 6 heteroatoms. The van der Waals surface area contributed by atoms with Crippen molar-refractivity contribution in [3.05, 3.63) is 0 Å². The summed E-state index contributed by atoms with van der Waals surface area (Å²) >= 11 is 0. The first-order valence-electron chi connectivity index (χ1n) is 6.58. The fourth-order valence-corrected chi connectivity index (χ4v) is 1.49. The van der Waals surface area contributed by atoms with Crippen molar-refractivity contribution >= 4 is 7.25 Å². The highest BCUT2D eigenvalue weighted by atomic mass is 19.5. The number of unbranched alkanes of at least 4 members (excludes halogenated alkanes) is 8. The van der Waals surface area contributed by atoms with E-state index in [0.717, 1.165) is 6.54 Å². The van der Waals surface area contributed by atoms with Crippen molar-refractivity contribution in [2.75, 3.05) is 6.54 Å². The summed E-state index contributed by atoms with van der Waals surface area (Å²) in [6.45, 7) is 3.39. The van der Waals surface area contributed by atoms with Gasteiger partial charge in [-0.25, -0.2) is 0 Å². The van der Waals surface area contributed by atoms with Gasteiger partial charge in [0.1, 0.15) is 0 Å². The molecule has 0 saturated carbocycles. The number of rotatable bonds is 9. The van der Waals surface area contributed by atoms with Crippen molar-refractivity contribution in [2.45, 2.75) is 64.7 Å². The molecule has 0 rings (SSSR count). The Balaban J connectivity index is 0. The lowest BCUT2D eigenvalue weighted by atomic mass is 10.1. The van der Waals surface area contributed by atoms with Crippen molar-refractivity contribution in [1.29, 1.82) is 0 Å². The van der Waals surface area contributed by atoms with E-state index >= 15 is 0 Å². The maximum atomic E-state index is 9.75.